The molecule has 0 aliphatic carbocycles. The number of nitrogens with one attached hydrogen (secondary N) is 1. The first-order valence-corrected chi connectivity index (χ1v) is 11.9. The molecule has 0 aliphatic rings. The van der Waals surface area contributed by atoms with Gasteiger partial charge in [0, 0.05) is 0 Å². The second-order valence-corrected chi connectivity index (χ2v) is 11.8. The molecule has 154 valence electrons. The minimum absolute atomic E-state index is 0.110. The third-order valence-corrected chi connectivity index (χ3v) is 7.93. The minimum Gasteiger partial charge on any atom is -0.242 e. The van der Waals surface area contributed by atoms with Crippen LogP contribution in [0.5, 0.6) is 0 Å². The fourth-order valence-corrected chi connectivity index (χ4v) is 5.19. The molecule has 29 heavy (non-hydrogen) atoms. The number of fused-ring (bicyclic) bond motifs is 1. The number of hydrogen-bond donors (Lipinski definition) is 1. The largest absolute Gasteiger partial charge is 0.242 e. The van der Waals surface area contributed by atoms with Crippen LogP contribution < -0.4 is 4.72 Å². The lowest BCUT2D eigenvalue weighted by Gasteiger charge is -2.27. The van der Waals surface area contributed by atoms with Crippen molar-refractivity contribution in [2.45, 2.75) is 42.0 Å². The van der Waals surface area contributed by atoms with E-state index in [1.54, 1.807) is 57.2 Å². The predicted molar refractivity (Wildman–Crippen MR) is 116 cm³/mol. The van der Waals surface area contributed by atoms with E-state index in [9.17, 15) is 12.6 Å². The molecule has 7 heteroatoms. The molecule has 3 rings (SSSR count). The molecule has 0 heterocycles. The zero-order valence-corrected chi connectivity index (χ0v) is 18.1. The van der Waals surface area contributed by atoms with Gasteiger partial charge in [-0.1, -0.05) is 54.6 Å². The first-order chi connectivity index (χ1) is 13.6. The van der Waals surface area contributed by atoms with Crippen LogP contribution in [-0.4, -0.2) is 22.9 Å². The van der Waals surface area contributed by atoms with Crippen molar-refractivity contribution in [3.05, 3.63) is 78.4 Å². The Balaban J connectivity index is 2.08. The number of halogens is 1. The van der Waals surface area contributed by atoms with Crippen LogP contribution in [0.2, 0.25) is 0 Å². The maximum Gasteiger partial charge on any atom is 0.225 e. The smallest absolute Gasteiger partial charge is 0.225 e. The summed E-state index contributed by atoms with van der Waals surface area (Å²) in [6.45, 7) is 5.23. The number of rotatable bonds is 6. The first-order valence-electron chi connectivity index (χ1n) is 9.20. The predicted octanol–water partition coefficient (Wildman–Crippen LogP) is 4.70. The highest BCUT2D eigenvalue weighted by molar-refractivity contribution is 7.92. The highest BCUT2D eigenvalue weighted by atomic mass is 32.2. The normalized spacial score (nSPS) is 15.7. The Kier molecular flexibility index (Phi) is 6.22. The molecule has 3 aromatic carbocycles. The number of benzene rings is 3. The van der Waals surface area contributed by atoms with E-state index >= 15 is 4.39 Å². The fourth-order valence-electron chi connectivity index (χ4n) is 2.89. The summed E-state index contributed by atoms with van der Waals surface area (Å²) in [5.74, 6) is 0. The van der Waals surface area contributed by atoms with Gasteiger partial charge in [-0.3, -0.25) is 0 Å². The van der Waals surface area contributed by atoms with Gasteiger partial charge in [0.15, 0.2) is 0 Å². The van der Waals surface area contributed by atoms with Crippen molar-refractivity contribution in [3.63, 3.8) is 0 Å². The molecule has 0 aromatic heterocycles. The van der Waals surface area contributed by atoms with E-state index in [0.29, 0.717) is 5.56 Å². The maximum absolute atomic E-state index is 15.6. The summed E-state index contributed by atoms with van der Waals surface area (Å²) in [5.41, 5.74) is -1.88. The molecule has 3 atom stereocenters. The third kappa shape index (κ3) is 4.74. The van der Waals surface area contributed by atoms with Gasteiger partial charge in [0.2, 0.25) is 15.3 Å². The molecule has 0 aliphatic heterocycles. The van der Waals surface area contributed by atoms with Gasteiger partial charge in [0.05, 0.1) is 26.7 Å². The average molecular weight is 434 g/mol. The van der Waals surface area contributed by atoms with Crippen molar-refractivity contribution in [2.75, 3.05) is 0 Å². The summed E-state index contributed by atoms with van der Waals surface area (Å²) in [5, 5.41) is 1.80. The van der Waals surface area contributed by atoms with Crippen LogP contribution >= 0.6 is 0 Å². The lowest BCUT2D eigenvalue weighted by Crippen LogP contribution is -2.41. The molecule has 3 aromatic rings. The Morgan fingerprint density at radius 1 is 0.897 bits per heavy atom. The van der Waals surface area contributed by atoms with Gasteiger partial charge in [0.25, 0.3) is 0 Å². The highest BCUT2D eigenvalue weighted by Crippen LogP contribution is 2.31. The zero-order chi connectivity index (χ0) is 21.2. The lowest BCUT2D eigenvalue weighted by molar-refractivity contribution is 0.354. The van der Waals surface area contributed by atoms with Crippen LogP contribution in [0.3, 0.4) is 0 Å². The van der Waals surface area contributed by atoms with Gasteiger partial charge in [-0.15, -0.1) is 0 Å². The quantitative estimate of drug-likeness (QED) is 0.613. The number of alkyl halides is 1. The second-order valence-electron chi connectivity index (χ2n) is 7.79. The molecule has 0 unspecified atom stereocenters. The molecule has 0 saturated carbocycles. The molecule has 0 amide bonds. The monoisotopic (exact) mass is 433 g/mol. The molecule has 0 radical (unpaired) electrons. The molecule has 0 spiro atoms. The Hall–Kier alpha value is -2.09. The Bertz CT molecular complexity index is 1130. The maximum atomic E-state index is 15.6. The average Bonchev–Trinajstić information content (AvgIpc) is 2.71. The van der Waals surface area contributed by atoms with Gasteiger partial charge in [-0.05, 0) is 55.3 Å². The summed E-state index contributed by atoms with van der Waals surface area (Å²) in [7, 11) is -5.96. The van der Waals surface area contributed by atoms with E-state index in [2.05, 4.69) is 4.72 Å². The third-order valence-electron chi connectivity index (χ3n) is 4.55. The molecular formula is C22H24FNO3S2. The van der Waals surface area contributed by atoms with Crippen molar-refractivity contribution in [3.8, 4) is 0 Å². The van der Waals surface area contributed by atoms with E-state index in [1.807, 2.05) is 24.3 Å². The van der Waals surface area contributed by atoms with E-state index < -0.39 is 37.1 Å². The first kappa shape index (κ1) is 21.6. The van der Waals surface area contributed by atoms with Crippen LogP contribution in [0.15, 0.2) is 77.7 Å². The fraction of sp³-hybridized carbons (Fsp3) is 0.273. The topological polar surface area (TPSA) is 63.2 Å². The van der Waals surface area contributed by atoms with Gasteiger partial charge >= 0.3 is 0 Å². The van der Waals surface area contributed by atoms with Crippen LogP contribution in [-0.2, 0) is 20.8 Å². The number of sulfone groups is 1. The molecular weight excluding hydrogens is 409 g/mol. The summed E-state index contributed by atoms with van der Waals surface area (Å²) >= 11 is 0. The highest BCUT2D eigenvalue weighted by Gasteiger charge is 2.38. The van der Waals surface area contributed by atoms with Crippen molar-refractivity contribution in [1.29, 1.82) is 0 Å². The SMILES string of the molecule is CC(C)(C)[S@@](=O)N[C@@H](c1ccc2ccccc2c1)[C@H](F)S(=O)(=O)c1ccccc1. The molecule has 0 bridgehead atoms. The van der Waals surface area contributed by atoms with Crippen LogP contribution in [0.25, 0.3) is 10.8 Å². The van der Waals surface area contributed by atoms with Gasteiger partial charge < -0.3 is 0 Å². The molecule has 0 fully saturated rings. The number of hydrogen-bond acceptors (Lipinski definition) is 3. The summed E-state index contributed by atoms with van der Waals surface area (Å²) in [6.07, 6.45) is 0. The summed E-state index contributed by atoms with van der Waals surface area (Å²) in [4.78, 5) is -0.110. The lowest BCUT2D eigenvalue weighted by atomic mass is 10.0. The molecule has 1 N–H and O–H groups in total. The standard InChI is InChI=1S/C22H24FNO3S2/c1-22(2,3)28(25)24-20(18-14-13-16-9-7-8-10-17(16)15-18)21(23)29(26,27)19-11-5-4-6-12-19/h4-15,20-21,24H,1-3H3/t20-,21+,28+/m0/s1. The van der Waals surface area contributed by atoms with E-state index in [0.717, 1.165) is 10.8 Å². The van der Waals surface area contributed by atoms with Gasteiger partial charge in [-0.2, -0.15) is 0 Å². The van der Waals surface area contributed by atoms with E-state index in [-0.39, 0.29) is 4.90 Å². The van der Waals surface area contributed by atoms with Crippen molar-refractivity contribution in [2.24, 2.45) is 0 Å². The van der Waals surface area contributed by atoms with Crippen molar-refractivity contribution < 1.29 is 17.0 Å². The Labute approximate surface area is 173 Å². The van der Waals surface area contributed by atoms with Crippen LogP contribution in [0.4, 0.5) is 4.39 Å². The van der Waals surface area contributed by atoms with E-state index in [1.165, 1.54) is 12.1 Å². The van der Waals surface area contributed by atoms with Gasteiger partial charge in [-0.25, -0.2) is 21.7 Å². The van der Waals surface area contributed by atoms with Gasteiger partial charge in [0.1, 0.15) is 0 Å². The molecule has 4 nitrogen and oxygen atoms in total. The van der Waals surface area contributed by atoms with Crippen LogP contribution in [0, 0.1) is 0 Å². The zero-order valence-electron chi connectivity index (χ0n) is 16.5. The summed E-state index contributed by atoms with van der Waals surface area (Å²) < 4.78 is 56.2. The van der Waals surface area contributed by atoms with Crippen molar-refractivity contribution in [1.82, 2.24) is 4.72 Å². The van der Waals surface area contributed by atoms with Crippen LogP contribution in [0.1, 0.15) is 32.4 Å². The summed E-state index contributed by atoms with van der Waals surface area (Å²) in [6, 6.07) is 19.0. The minimum atomic E-state index is -4.29. The van der Waals surface area contributed by atoms with Crippen molar-refractivity contribution >= 4 is 31.6 Å². The Morgan fingerprint density at radius 3 is 2.10 bits per heavy atom. The second kappa shape index (κ2) is 8.34. The molecule has 0 saturated heterocycles. The Morgan fingerprint density at radius 2 is 1.48 bits per heavy atom. The van der Waals surface area contributed by atoms with E-state index in [4.69, 9.17) is 0 Å².